The van der Waals surface area contributed by atoms with Gasteiger partial charge in [0.25, 0.3) is 0 Å². The van der Waals surface area contributed by atoms with E-state index >= 15 is 0 Å². The van der Waals surface area contributed by atoms with Crippen molar-refractivity contribution in [2.75, 3.05) is 59.0 Å². The van der Waals surface area contributed by atoms with Crippen molar-refractivity contribution in [3.63, 3.8) is 0 Å². The molecule has 4 heteroatoms. The molecule has 4 nitrogen and oxygen atoms in total. The maximum absolute atomic E-state index is 5.32. The monoisotopic (exact) mass is 213 g/mol. The first kappa shape index (κ1) is 11.3. The number of hydrogen-bond acceptors (Lipinski definition) is 4. The summed E-state index contributed by atoms with van der Waals surface area (Å²) in [7, 11) is 0. The van der Waals surface area contributed by atoms with E-state index in [1.54, 1.807) is 0 Å². The van der Waals surface area contributed by atoms with Gasteiger partial charge in [-0.2, -0.15) is 0 Å². The van der Waals surface area contributed by atoms with Crippen LogP contribution in [0.1, 0.15) is 6.92 Å². The van der Waals surface area contributed by atoms with E-state index in [0.29, 0.717) is 0 Å². The van der Waals surface area contributed by atoms with E-state index in [4.69, 9.17) is 4.74 Å². The van der Waals surface area contributed by atoms with Gasteiger partial charge in [0.15, 0.2) is 0 Å². The molecule has 0 saturated carbocycles. The lowest BCUT2D eigenvalue weighted by Crippen LogP contribution is -2.58. The quantitative estimate of drug-likeness (QED) is 0.673. The number of morpholine rings is 1. The number of likely N-dealkylation sites (tertiary alicyclic amines) is 1. The molecule has 0 bridgehead atoms. The summed E-state index contributed by atoms with van der Waals surface area (Å²) in [4.78, 5) is 4.94. The zero-order chi connectivity index (χ0) is 10.5. The summed E-state index contributed by atoms with van der Waals surface area (Å²) in [6, 6.07) is 0.742. The largest absolute Gasteiger partial charge is 0.379 e. The van der Waals surface area contributed by atoms with E-state index < -0.39 is 0 Å². The Morgan fingerprint density at radius 2 is 1.93 bits per heavy atom. The molecule has 0 aromatic heterocycles. The van der Waals surface area contributed by atoms with Crippen LogP contribution in [0.5, 0.6) is 0 Å². The molecule has 2 fully saturated rings. The zero-order valence-electron chi connectivity index (χ0n) is 9.74. The molecule has 88 valence electrons. The highest BCUT2D eigenvalue weighted by molar-refractivity contribution is 4.85. The molecule has 0 aliphatic carbocycles. The number of rotatable bonds is 5. The summed E-state index contributed by atoms with van der Waals surface area (Å²) >= 11 is 0. The van der Waals surface area contributed by atoms with Crippen LogP contribution in [0.4, 0.5) is 0 Å². The molecule has 2 heterocycles. The third-order valence-electron chi connectivity index (χ3n) is 3.37. The van der Waals surface area contributed by atoms with E-state index in [0.717, 1.165) is 38.9 Å². The van der Waals surface area contributed by atoms with Gasteiger partial charge >= 0.3 is 0 Å². The van der Waals surface area contributed by atoms with Crippen LogP contribution < -0.4 is 5.32 Å². The molecule has 0 aromatic rings. The van der Waals surface area contributed by atoms with Gasteiger partial charge in [0.05, 0.1) is 13.2 Å². The third kappa shape index (κ3) is 3.41. The van der Waals surface area contributed by atoms with Crippen molar-refractivity contribution in [2.45, 2.75) is 13.0 Å². The highest BCUT2D eigenvalue weighted by Crippen LogP contribution is 2.05. The molecular weight excluding hydrogens is 190 g/mol. The fourth-order valence-corrected chi connectivity index (χ4v) is 2.21. The minimum atomic E-state index is 0.742. The van der Waals surface area contributed by atoms with Crippen LogP contribution >= 0.6 is 0 Å². The predicted octanol–water partition coefficient (Wildman–Crippen LogP) is -0.388. The molecular formula is C11H23N3O. The number of hydrogen-bond donors (Lipinski definition) is 1. The SMILES string of the molecule is CCN1CC(NCCN2CCOCC2)C1. The molecule has 0 radical (unpaired) electrons. The number of ether oxygens (including phenoxy) is 1. The Balaban J connectivity index is 1.48. The van der Waals surface area contributed by atoms with Gasteiger partial charge in [-0.05, 0) is 6.54 Å². The second-order valence-corrected chi connectivity index (χ2v) is 4.46. The van der Waals surface area contributed by atoms with Crippen LogP contribution in [-0.2, 0) is 4.74 Å². The van der Waals surface area contributed by atoms with Crippen LogP contribution in [0.25, 0.3) is 0 Å². The van der Waals surface area contributed by atoms with Gasteiger partial charge in [-0.1, -0.05) is 6.92 Å². The van der Waals surface area contributed by atoms with Gasteiger partial charge in [0.1, 0.15) is 0 Å². The van der Waals surface area contributed by atoms with E-state index in [1.807, 2.05) is 0 Å². The molecule has 0 atom stereocenters. The summed E-state index contributed by atoms with van der Waals surface area (Å²) in [5.74, 6) is 0. The third-order valence-corrected chi connectivity index (χ3v) is 3.37. The van der Waals surface area contributed by atoms with E-state index in [9.17, 15) is 0 Å². The van der Waals surface area contributed by atoms with E-state index in [1.165, 1.54) is 26.2 Å². The topological polar surface area (TPSA) is 27.7 Å². The van der Waals surface area contributed by atoms with Crippen molar-refractivity contribution in [2.24, 2.45) is 0 Å². The first-order chi connectivity index (χ1) is 7.38. The summed E-state index contributed by atoms with van der Waals surface area (Å²) in [5, 5.41) is 3.61. The van der Waals surface area contributed by atoms with Crippen LogP contribution in [0.3, 0.4) is 0 Å². The Hall–Kier alpha value is -0.160. The van der Waals surface area contributed by atoms with Gasteiger partial charge in [-0.15, -0.1) is 0 Å². The maximum Gasteiger partial charge on any atom is 0.0594 e. The van der Waals surface area contributed by atoms with E-state index in [2.05, 4.69) is 22.0 Å². The molecule has 0 amide bonds. The average molecular weight is 213 g/mol. The van der Waals surface area contributed by atoms with Gasteiger partial charge in [0, 0.05) is 45.3 Å². The number of nitrogens with one attached hydrogen (secondary N) is 1. The van der Waals surface area contributed by atoms with Crippen LogP contribution in [0, 0.1) is 0 Å². The fourth-order valence-electron chi connectivity index (χ4n) is 2.21. The van der Waals surface area contributed by atoms with Crippen molar-refractivity contribution >= 4 is 0 Å². The average Bonchev–Trinajstić information content (AvgIpc) is 2.23. The van der Waals surface area contributed by atoms with Gasteiger partial charge in [-0.3, -0.25) is 4.90 Å². The van der Waals surface area contributed by atoms with Gasteiger partial charge in [-0.25, -0.2) is 0 Å². The molecule has 2 aliphatic heterocycles. The normalized spacial score (nSPS) is 25.4. The Kier molecular flexibility index (Phi) is 4.38. The van der Waals surface area contributed by atoms with Crippen LogP contribution in [-0.4, -0.2) is 74.9 Å². The second kappa shape index (κ2) is 5.80. The van der Waals surface area contributed by atoms with Crippen molar-refractivity contribution in [3.8, 4) is 0 Å². The number of likely N-dealkylation sites (N-methyl/N-ethyl adjacent to an activating group) is 1. The Labute approximate surface area is 92.6 Å². The summed E-state index contributed by atoms with van der Waals surface area (Å²) < 4.78 is 5.32. The molecule has 2 saturated heterocycles. The Morgan fingerprint density at radius 3 is 2.60 bits per heavy atom. The standard InChI is InChI=1S/C11H23N3O/c1-2-13-9-11(10-13)12-3-4-14-5-7-15-8-6-14/h11-12H,2-10H2,1H3. The van der Waals surface area contributed by atoms with Crippen molar-refractivity contribution in [1.29, 1.82) is 0 Å². The minimum absolute atomic E-state index is 0.742. The van der Waals surface area contributed by atoms with Crippen LogP contribution in [0.15, 0.2) is 0 Å². The minimum Gasteiger partial charge on any atom is -0.379 e. The number of nitrogens with zero attached hydrogens (tertiary/aromatic N) is 2. The van der Waals surface area contributed by atoms with Gasteiger partial charge < -0.3 is 15.0 Å². The second-order valence-electron chi connectivity index (χ2n) is 4.46. The van der Waals surface area contributed by atoms with Gasteiger partial charge in [0.2, 0.25) is 0 Å². The van der Waals surface area contributed by atoms with E-state index in [-0.39, 0.29) is 0 Å². The van der Waals surface area contributed by atoms with Crippen molar-refractivity contribution in [1.82, 2.24) is 15.1 Å². The first-order valence-electron chi connectivity index (χ1n) is 6.14. The zero-order valence-corrected chi connectivity index (χ0v) is 9.74. The molecule has 2 aliphatic rings. The molecule has 0 spiro atoms. The van der Waals surface area contributed by atoms with Crippen molar-refractivity contribution in [3.05, 3.63) is 0 Å². The highest BCUT2D eigenvalue weighted by atomic mass is 16.5. The molecule has 0 unspecified atom stereocenters. The van der Waals surface area contributed by atoms with Crippen molar-refractivity contribution < 1.29 is 4.74 Å². The Bertz CT molecular complexity index is 177. The lowest BCUT2D eigenvalue weighted by atomic mass is 10.1. The summed E-state index contributed by atoms with van der Waals surface area (Å²) in [6.45, 7) is 12.2. The molecule has 15 heavy (non-hydrogen) atoms. The molecule has 1 N–H and O–H groups in total. The highest BCUT2D eigenvalue weighted by Gasteiger charge is 2.24. The lowest BCUT2D eigenvalue weighted by molar-refractivity contribution is 0.0367. The Morgan fingerprint density at radius 1 is 1.20 bits per heavy atom. The fraction of sp³-hybridized carbons (Fsp3) is 1.00. The summed E-state index contributed by atoms with van der Waals surface area (Å²) in [6.07, 6.45) is 0. The van der Waals surface area contributed by atoms with Crippen LogP contribution in [0.2, 0.25) is 0 Å². The first-order valence-corrected chi connectivity index (χ1v) is 6.14. The predicted molar refractivity (Wildman–Crippen MR) is 61.2 cm³/mol. The molecule has 0 aromatic carbocycles. The summed E-state index contributed by atoms with van der Waals surface area (Å²) in [5.41, 5.74) is 0. The molecule has 2 rings (SSSR count). The lowest BCUT2D eigenvalue weighted by Gasteiger charge is -2.39. The maximum atomic E-state index is 5.32. The smallest absolute Gasteiger partial charge is 0.0594 e.